The zero-order chi connectivity index (χ0) is 20.5. The lowest BCUT2D eigenvalue weighted by atomic mass is 10.1. The number of aliphatic hydroxyl groups is 1. The molecular formula is C21H27N5O3. The molecule has 1 fully saturated rings. The molecule has 3 rings (SSSR count). The van der Waals surface area contributed by atoms with Crippen LogP contribution < -0.4 is 15.7 Å². The Labute approximate surface area is 170 Å². The van der Waals surface area contributed by atoms with Crippen LogP contribution in [0.2, 0.25) is 0 Å². The highest BCUT2D eigenvalue weighted by molar-refractivity contribution is 5.59. The molecule has 1 saturated heterocycles. The van der Waals surface area contributed by atoms with Crippen LogP contribution in [0.1, 0.15) is 11.1 Å². The molecule has 1 aromatic carbocycles. The molecule has 1 aromatic heterocycles. The summed E-state index contributed by atoms with van der Waals surface area (Å²) in [4.78, 5) is 10.8. The lowest BCUT2D eigenvalue weighted by Crippen LogP contribution is -2.49. The molecule has 2 heterocycles. The highest BCUT2D eigenvalue weighted by Crippen LogP contribution is 2.14. The third-order valence-electron chi connectivity index (χ3n) is 4.67. The van der Waals surface area contributed by atoms with E-state index in [1.807, 2.05) is 48.0 Å². The lowest BCUT2D eigenvalue weighted by Gasteiger charge is -2.33. The van der Waals surface area contributed by atoms with Crippen LogP contribution in [0.25, 0.3) is 11.8 Å². The second kappa shape index (κ2) is 10.7. The van der Waals surface area contributed by atoms with E-state index in [9.17, 15) is 5.11 Å². The van der Waals surface area contributed by atoms with Crippen molar-refractivity contribution >= 4 is 17.7 Å². The summed E-state index contributed by atoms with van der Waals surface area (Å²) in [6.07, 6.45) is 7.14. The number of rotatable bonds is 9. The van der Waals surface area contributed by atoms with Gasteiger partial charge in [0.15, 0.2) is 0 Å². The number of hydrogen-bond acceptors (Lipinski definition) is 8. The predicted molar refractivity (Wildman–Crippen MR) is 112 cm³/mol. The van der Waals surface area contributed by atoms with E-state index in [4.69, 9.17) is 9.94 Å². The number of ether oxygens (including phenoxy) is 1. The van der Waals surface area contributed by atoms with Crippen molar-refractivity contribution in [2.75, 3.05) is 37.7 Å². The van der Waals surface area contributed by atoms with E-state index in [0.717, 1.165) is 5.56 Å². The van der Waals surface area contributed by atoms with Crippen molar-refractivity contribution in [1.82, 2.24) is 20.8 Å². The number of nitrogens with zero attached hydrogens (tertiary/aromatic N) is 3. The fourth-order valence-electron chi connectivity index (χ4n) is 3.00. The zero-order valence-electron chi connectivity index (χ0n) is 16.2. The summed E-state index contributed by atoms with van der Waals surface area (Å²) >= 11 is 0. The van der Waals surface area contributed by atoms with Gasteiger partial charge in [0.1, 0.15) is 0 Å². The number of benzene rings is 1. The Kier molecular flexibility index (Phi) is 7.71. The van der Waals surface area contributed by atoms with Gasteiger partial charge in [-0.15, -0.1) is 0 Å². The fourth-order valence-corrected chi connectivity index (χ4v) is 3.00. The molecule has 0 bridgehead atoms. The molecule has 1 aliphatic heterocycles. The van der Waals surface area contributed by atoms with E-state index in [2.05, 4.69) is 26.8 Å². The third-order valence-corrected chi connectivity index (χ3v) is 4.67. The first-order valence-corrected chi connectivity index (χ1v) is 9.55. The Morgan fingerprint density at radius 1 is 1.31 bits per heavy atom. The second-order valence-electron chi connectivity index (χ2n) is 6.77. The average Bonchev–Trinajstić information content (AvgIpc) is 2.79. The molecule has 29 heavy (non-hydrogen) atoms. The van der Waals surface area contributed by atoms with Crippen molar-refractivity contribution in [3.05, 3.63) is 66.5 Å². The summed E-state index contributed by atoms with van der Waals surface area (Å²) < 4.78 is 5.84. The average molecular weight is 397 g/mol. The SMILES string of the molecule is C=C(NO)c1cnc(N2CCOC(CNC(/C=C/c3ccccc3)CO)C2)nc1. The monoisotopic (exact) mass is 397 g/mol. The maximum atomic E-state index is 9.64. The Bertz CT molecular complexity index is 798. The Hall–Kier alpha value is -2.78. The molecule has 0 spiro atoms. The summed E-state index contributed by atoms with van der Waals surface area (Å²) in [5.74, 6) is 0.607. The van der Waals surface area contributed by atoms with E-state index < -0.39 is 0 Å². The Morgan fingerprint density at radius 3 is 2.76 bits per heavy atom. The van der Waals surface area contributed by atoms with Gasteiger partial charge in [0.05, 0.1) is 25.0 Å². The van der Waals surface area contributed by atoms with Crippen LogP contribution in [0, 0.1) is 0 Å². The predicted octanol–water partition coefficient (Wildman–Crippen LogP) is 1.30. The van der Waals surface area contributed by atoms with E-state index in [-0.39, 0.29) is 18.8 Å². The number of anilines is 1. The number of hydroxylamine groups is 1. The molecule has 2 unspecified atom stereocenters. The standard InChI is InChI=1S/C21H27N5O3/c1-16(25-28)18-11-23-21(24-12-18)26-9-10-29-20(14-26)13-22-19(15-27)8-7-17-5-3-2-4-6-17/h2-8,11-12,19-20,22,25,27-28H,1,9-10,13-15H2/b8-7+. The number of hydrogen-bond donors (Lipinski definition) is 4. The molecule has 154 valence electrons. The van der Waals surface area contributed by atoms with Gasteiger partial charge in [0, 0.05) is 43.6 Å². The Morgan fingerprint density at radius 2 is 2.07 bits per heavy atom. The van der Waals surface area contributed by atoms with Gasteiger partial charge in [-0.3, -0.25) is 10.7 Å². The van der Waals surface area contributed by atoms with Gasteiger partial charge >= 0.3 is 0 Å². The van der Waals surface area contributed by atoms with Gasteiger partial charge < -0.3 is 20.1 Å². The van der Waals surface area contributed by atoms with Crippen LogP contribution in [0.5, 0.6) is 0 Å². The van der Waals surface area contributed by atoms with Crippen molar-refractivity contribution in [3.8, 4) is 0 Å². The first-order valence-electron chi connectivity index (χ1n) is 9.55. The molecule has 1 aliphatic rings. The molecule has 2 aromatic rings. The van der Waals surface area contributed by atoms with Gasteiger partial charge in [-0.25, -0.2) is 9.97 Å². The molecule has 4 N–H and O–H groups in total. The number of aromatic nitrogens is 2. The summed E-state index contributed by atoms with van der Waals surface area (Å²) in [5.41, 5.74) is 4.06. The number of aliphatic hydroxyl groups excluding tert-OH is 1. The Balaban J connectivity index is 1.52. The smallest absolute Gasteiger partial charge is 0.225 e. The van der Waals surface area contributed by atoms with Crippen LogP contribution >= 0.6 is 0 Å². The first-order chi connectivity index (χ1) is 14.2. The summed E-state index contributed by atoms with van der Waals surface area (Å²) in [6.45, 7) is 6.20. The fraction of sp³-hybridized carbons (Fsp3) is 0.333. The topological polar surface area (TPSA) is 103 Å². The molecule has 0 amide bonds. The van der Waals surface area contributed by atoms with Crippen molar-refractivity contribution in [2.24, 2.45) is 0 Å². The quantitative estimate of drug-likeness (QED) is 0.470. The summed E-state index contributed by atoms with van der Waals surface area (Å²) in [5, 5.41) is 21.9. The maximum Gasteiger partial charge on any atom is 0.225 e. The normalized spacial score (nSPS) is 18.0. The van der Waals surface area contributed by atoms with E-state index >= 15 is 0 Å². The molecule has 0 saturated carbocycles. The molecule has 8 heteroatoms. The number of nitrogens with one attached hydrogen (secondary N) is 2. The molecule has 0 radical (unpaired) electrons. The van der Waals surface area contributed by atoms with Gasteiger partial charge in [-0.05, 0) is 5.56 Å². The minimum atomic E-state index is -0.151. The van der Waals surface area contributed by atoms with Crippen molar-refractivity contribution < 1.29 is 15.1 Å². The van der Waals surface area contributed by atoms with Gasteiger partial charge in [0.25, 0.3) is 0 Å². The summed E-state index contributed by atoms with van der Waals surface area (Å²) in [7, 11) is 0. The minimum absolute atomic E-state index is 0.00706. The lowest BCUT2D eigenvalue weighted by molar-refractivity contribution is 0.0383. The highest BCUT2D eigenvalue weighted by Gasteiger charge is 2.22. The van der Waals surface area contributed by atoms with Gasteiger partial charge in [-0.1, -0.05) is 49.1 Å². The molecule has 8 nitrogen and oxygen atoms in total. The minimum Gasteiger partial charge on any atom is -0.394 e. The van der Waals surface area contributed by atoms with Gasteiger partial charge in [-0.2, -0.15) is 0 Å². The molecule has 0 aliphatic carbocycles. The third kappa shape index (κ3) is 6.10. The van der Waals surface area contributed by atoms with Crippen molar-refractivity contribution in [3.63, 3.8) is 0 Å². The number of morpholine rings is 1. The first kappa shape index (κ1) is 20.9. The van der Waals surface area contributed by atoms with E-state index in [1.54, 1.807) is 12.4 Å². The largest absolute Gasteiger partial charge is 0.394 e. The second-order valence-corrected chi connectivity index (χ2v) is 6.77. The van der Waals surface area contributed by atoms with Crippen molar-refractivity contribution in [2.45, 2.75) is 12.1 Å². The van der Waals surface area contributed by atoms with Crippen LogP contribution in [-0.2, 0) is 4.74 Å². The van der Waals surface area contributed by atoms with Crippen LogP contribution in [0.15, 0.2) is 55.4 Å². The van der Waals surface area contributed by atoms with Crippen LogP contribution in [0.3, 0.4) is 0 Å². The van der Waals surface area contributed by atoms with Crippen LogP contribution in [0.4, 0.5) is 5.95 Å². The highest BCUT2D eigenvalue weighted by atomic mass is 16.5. The van der Waals surface area contributed by atoms with Crippen molar-refractivity contribution in [1.29, 1.82) is 0 Å². The molecule has 2 atom stereocenters. The van der Waals surface area contributed by atoms with Crippen LogP contribution in [-0.4, -0.2) is 65.3 Å². The summed E-state index contributed by atoms with van der Waals surface area (Å²) in [6, 6.07) is 9.82. The van der Waals surface area contributed by atoms with E-state index in [0.29, 0.717) is 43.4 Å². The van der Waals surface area contributed by atoms with Gasteiger partial charge in [0.2, 0.25) is 5.95 Å². The zero-order valence-corrected chi connectivity index (χ0v) is 16.2. The maximum absolute atomic E-state index is 9.64. The molecular weight excluding hydrogens is 370 g/mol. The van der Waals surface area contributed by atoms with E-state index in [1.165, 1.54) is 0 Å².